The Hall–Kier alpha value is -4.71. The molecule has 12 heteroatoms. The summed E-state index contributed by atoms with van der Waals surface area (Å²) in [6.07, 6.45) is -1.62. The van der Waals surface area contributed by atoms with Gasteiger partial charge in [0, 0.05) is 11.1 Å². The number of imidazole rings is 1. The molecular formula is C29H21F3N6O2S. The maximum Gasteiger partial charge on any atom is 0.573 e. The topological polar surface area (TPSA) is 85.0 Å². The Morgan fingerprint density at radius 3 is 2.49 bits per heavy atom. The van der Waals surface area contributed by atoms with Gasteiger partial charge in [0.25, 0.3) is 5.91 Å². The van der Waals surface area contributed by atoms with Gasteiger partial charge in [-0.15, -0.1) is 13.2 Å². The number of thioether (sulfide) groups is 1. The molecule has 41 heavy (non-hydrogen) atoms. The lowest BCUT2D eigenvalue weighted by Crippen LogP contribution is -2.24. The van der Waals surface area contributed by atoms with Gasteiger partial charge in [-0.2, -0.15) is 10.1 Å². The number of fused-ring (bicyclic) bond motifs is 3. The van der Waals surface area contributed by atoms with E-state index >= 15 is 0 Å². The number of nitrogens with zero attached hydrogens (tertiary/aromatic N) is 6. The van der Waals surface area contributed by atoms with E-state index in [0.717, 1.165) is 27.7 Å². The van der Waals surface area contributed by atoms with Gasteiger partial charge in [0.2, 0.25) is 0 Å². The van der Waals surface area contributed by atoms with Crippen molar-refractivity contribution >= 4 is 56.7 Å². The number of hydrazone groups is 1. The highest BCUT2D eigenvalue weighted by molar-refractivity contribution is 8.15. The molecule has 1 aliphatic heterocycles. The Morgan fingerprint density at radius 2 is 1.76 bits per heavy atom. The number of alkyl halides is 3. The van der Waals surface area contributed by atoms with Crippen molar-refractivity contribution < 1.29 is 22.7 Å². The molecule has 1 fully saturated rings. The molecule has 0 saturated carbocycles. The number of aliphatic imine (C=N–C) groups is 1. The minimum atomic E-state index is -4.75. The van der Waals surface area contributed by atoms with E-state index in [2.05, 4.69) is 19.8 Å². The number of rotatable bonds is 5. The second-order valence-corrected chi connectivity index (χ2v) is 10.2. The number of hydrogen-bond donors (Lipinski definition) is 0. The number of halogens is 3. The summed E-state index contributed by atoms with van der Waals surface area (Å²) in [4.78, 5) is 26.5. The van der Waals surface area contributed by atoms with Gasteiger partial charge >= 0.3 is 6.36 Å². The van der Waals surface area contributed by atoms with E-state index in [-0.39, 0.29) is 17.4 Å². The van der Waals surface area contributed by atoms with Crippen LogP contribution in [0.4, 0.5) is 18.9 Å². The normalized spacial score (nSPS) is 15.2. The van der Waals surface area contributed by atoms with Crippen LogP contribution in [0.2, 0.25) is 0 Å². The van der Waals surface area contributed by atoms with Crippen LogP contribution in [0.3, 0.4) is 0 Å². The zero-order valence-corrected chi connectivity index (χ0v) is 22.6. The van der Waals surface area contributed by atoms with Crippen LogP contribution < -0.4 is 4.74 Å². The molecule has 8 nitrogen and oxygen atoms in total. The summed E-state index contributed by atoms with van der Waals surface area (Å²) in [7, 11) is 0. The molecule has 0 unspecified atom stereocenters. The Balaban J connectivity index is 1.27. The highest BCUT2D eigenvalue weighted by Gasteiger charge is 2.31. The predicted molar refractivity (Wildman–Crippen MR) is 153 cm³/mol. The molecule has 0 atom stereocenters. The number of ether oxygens (including phenoxy) is 1. The van der Waals surface area contributed by atoms with E-state index < -0.39 is 6.36 Å². The predicted octanol–water partition coefficient (Wildman–Crippen LogP) is 6.69. The second kappa shape index (κ2) is 10.4. The Kier molecular flexibility index (Phi) is 6.70. The van der Waals surface area contributed by atoms with Crippen LogP contribution in [-0.4, -0.2) is 48.9 Å². The summed E-state index contributed by atoms with van der Waals surface area (Å²) in [5, 5.41) is 7.00. The van der Waals surface area contributed by atoms with Crippen LogP contribution in [0.25, 0.3) is 27.6 Å². The molecular weight excluding hydrogens is 553 g/mol. The summed E-state index contributed by atoms with van der Waals surface area (Å²) in [6.45, 7) is 3.95. The number of aromatic nitrogens is 3. The molecule has 3 heterocycles. The highest BCUT2D eigenvalue weighted by Crippen LogP contribution is 2.30. The molecule has 206 valence electrons. The Morgan fingerprint density at radius 1 is 1.00 bits per heavy atom. The smallest absolute Gasteiger partial charge is 0.406 e. The average molecular weight is 575 g/mol. The lowest BCUT2D eigenvalue weighted by Gasteiger charge is -2.11. The number of hydrogen-bond acceptors (Lipinski definition) is 7. The summed E-state index contributed by atoms with van der Waals surface area (Å²) in [5.41, 5.74) is 6.14. The van der Waals surface area contributed by atoms with Crippen LogP contribution in [-0.2, 0) is 4.79 Å². The number of aryl methyl sites for hydroxylation is 2. The van der Waals surface area contributed by atoms with Crippen LogP contribution in [0.15, 0.2) is 83.2 Å². The number of para-hydroxylation sites is 1. The van der Waals surface area contributed by atoms with Crippen molar-refractivity contribution in [1.82, 2.24) is 19.5 Å². The SMILES string of the molecule is Cc1cccc(C)c1N=C1SCC(=O)N1/N=C\c1ccc2c(ccc3c2ncn3-c2ccc(OC(F)(F)F)cc2)n1. The molecule has 5 aromatic rings. The van der Waals surface area contributed by atoms with E-state index in [1.54, 1.807) is 17.0 Å². The summed E-state index contributed by atoms with van der Waals surface area (Å²) >= 11 is 1.34. The van der Waals surface area contributed by atoms with Gasteiger partial charge in [-0.25, -0.2) is 15.0 Å². The fourth-order valence-corrected chi connectivity index (χ4v) is 5.33. The van der Waals surface area contributed by atoms with Crippen LogP contribution in [0.1, 0.15) is 16.8 Å². The molecule has 0 N–H and O–H groups in total. The third kappa shape index (κ3) is 5.38. The molecule has 6 rings (SSSR count). The van der Waals surface area contributed by atoms with Crippen LogP contribution >= 0.6 is 11.8 Å². The van der Waals surface area contributed by atoms with Crippen LogP contribution in [0.5, 0.6) is 5.75 Å². The first-order valence-electron chi connectivity index (χ1n) is 12.4. The van der Waals surface area contributed by atoms with Crippen molar-refractivity contribution in [2.45, 2.75) is 20.2 Å². The summed E-state index contributed by atoms with van der Waals surface area (Å²) in [5.74, 6) is -0.208. The number of carbonyl (C=O) groups excluding carboxylic acids is 1. The van der Waals surface area contributed by atoms with Gasteiger partial charge in [-0.1, -0.05) is 30.0 Å². The standard InChI is InChI=1S/C29H21F3N6O2S/c1-17-4-3-5-18(2)26(17)36-28-38(25(39)15-41-28)34-14-19-6-11-22-23(35-19)12-13-24-27(22)33-16-37(24)20-7-9-21(10-8-20)40-29(30,31)32/h3-14,16H,15H2,1-2H3/b34-14-,36-28?. The zero-order valence-electron chi connectivity index (χ0n) is 21.8. The molecule has 1 saturated heterocycles. The first kappa shape index (κ1) is 26.5. The van der Waals surface area contributed by atoms with E-state index in [1.165, 1.54) is 47.3 Å². The third-order valence-corrected chi connectivity index (χ3v) is 7.36. The monoisotopic (exact) mass is 574 g/mol. The first-order valence-corrected chi connectivity index (χ1v) is 13.4. The molecule has 3 aromatic carbocycles. The van der Waals surface area contributed by atoms with Crippen LogP contribution in [0, 0.1) is 13.8 Å². The van der Waals surface area contributed by atoms with Crippen molar-refractivity contribution in [3.05, 3.63) is 89.9 Å². The zero-order chi connectivity index (χ0) is 28.7. The minimum absolute atomic E-state index is 0.165. The quantitative estimate of drug-likeness (QED) is 0.219. The molecule has 0 bridgehead atoms. The molecule has 0 radical (unpaired) electrons. The van der Waals surface area contributed by atoms with Crippen molar-refractivity contribution in [2.75, 3.05) is 5.75 Å². The fourth-order valence-electron chi connectivity index (χ4n) is 4.53. The average Bonchev–Trinajstić information content (AvgIpc) is 3.52. The van der Waals surface area contributed by atoms with Crippen molar-refractivity contribution in [2.24, 2.45) is 10.1 Å². The molecule has 2 aromatic heterocycles. The van der Waals surface area contributed by atoms with E-state index in [9.17, 15) is 18.0 Å². The fraction of sp³-hybridized carbons (Fsp3) is 0.138. The molecule has 1 aliphatic rings. The number of amidine groups is 1. The minimum Gasteiger partial charge on any atom is -0.406 e. The molecule has 0 spiro atoms. The first-order chi connectivity index (χ1) is 19.7. The summed E-state index contributed by atoms with van der Waals surface area (Å²) < 4.78 is 43.2. The van der Waals surface area contributed by atoms with Crippen molar-refractivity contribution in [3.8, 4) is 11.4 Å². The molecule has 1 amide bonds. The number of amides is 1. The molecule has 0 aliphatic carbocycles. The maximum atomic E-state index is 12.5. The van der Waals surface area contributed by atoms with Gasteiger partial charge in [-0.05, 0) is 73.5 Å². The van der Waals surface area contributed by atoms with Gasteiger partial charge in [0.1, 0.15) is 12.1 Å². The van der Waals surface area contributed by atoms with E-state index in [1.807, 2.05) is 50.2 Å². The maximum absolute atomic E-state index is 12.5. The van der Waals surface area contributed by atoms with E-state index in [4.69, 9.17) is 4.99 Å². The van der Waals surface area contributed by atoms with Gasteiger partial charge in [-0.3, -0.25) is 9.36 Å². The third-order valence-electron chi connectivity index (χ3n) is 6.45. The Labute approximate surface area is 236 Å². The number of carbonyl (C=O) groups is 1. The number of benzene rings is 3. The summed E-state index contributed by atoms with van der Waals surface area (Å²) in [6, 6.07) is 18.8. The largest absolute Gasteiger partial charge is 0.573 e. The van der Waals surface area contributed by atoms with Crippen molar-refractivity contribution in [3.63, 3.8) is 0 Å². The number of pyridine rings is 1. The van der Waals surface area contributed by atoms with Gasteiger partial charge in [0.15, 0.2) is 5.17 Å². The lowest BCUT2D eigenvalue weighted by molar-refractivity contribution is -0.274. The van der Waals surface area contributed by atoms with Gasteiger partial charge in [0.05, 0.1) is 39.9 Å². The Bertz CT molecular complexity index is 1840. The van der Waals surface area contributed by atoms with Crippen molar-refractivity contribution in [1.29, 1.82) is 0 Å². The van der Waals surface area contributed by atoms with E-state index in [0.29, 0.717) is 27.6 Å². The lowest BCUT2D eigenvalue weighted by atomic mass is 10.1. The van der Waals surface area contributed by atoms with Gasteiger partial charge < -0.3 is 4.74 Å². The highest BCUT2D eigenvalue weighted by atomic mass is 32.2. The second-order valence-electron chi connectivity index (χ2n) is 9.27.